The van der Waals surface area contributed by atoms with E-state index in [2.05, 4.69) is 10.1 Å². The summed E-state index contributed by atoms with van der Waals surface area (Å²) in [4.78, 5) is 5.10. The van der Waals surface area contributed by atoms with Crippen molar-refractivity contribution < 1.29 is 9.47 Å². The average molecular weight is 306 g/mol. The Kier molecular flexibility index (Phi) is 4.74. The molecule has 0 saturated carbocycles. The molecule has 112 valence electrons. The molecule has 0 aliphatic heterocycles. The smallest absolute Gasteiger partial charge is 0.221 e. The third-order valence-corrected chi connectivity index (χ3v) is 3.65. The van der Waals surface area contributed by atoms with Crippen molar-refractivity contribution in [2.75, 3.05) is 26.2 Å². The summed E-state index contributed by atoms with van der Waals surface area (Å²) in [5.74, 6) is 1.84. The van der Waals surface area contributed by atoms with Crippen LogP contribution in [0.2, 0.25) is 0 Å². The number of imidazole rings is 1. The number of benzene rings is 1. The van der Waals surface area contributed by atoms with E-state index in [0.29, 0.717) is 5.95 Å². The van der Waals surface area contributed by atoms with Crippen molar-refractivity contribution in [3.63, 3.8) is 0 Å². The number of nitrogens with two attached hydrogens (primary N) is 1. The molecule has 0 bridgehead atoms. The minimum atomic E-state index is 0.343. The van der Waals surface area contributed by atoms with Crippen molar-refractivity contribution >= 4 is 23.9 Å². The summed E-state index contributed by atoms with van der Waals surface area (Å²) in [6.45, 7) is 1.86. The second-order valence-corrected chi connectivity index (χ2v) is 5.13. The summed E-state index contributed by atoms with van der Waals surface area (Å²) in [6.07, 6.45) is 5.41. The van der Waals surface area contributed by atoms with Crippen LogP contribution in [0.15, 0.2) is 28.3 Å². The molecule has 6 nitrogen and oxygen atoms in total. The van der Waals surface area contributed by atoms with Crippen LogP contribution in [0.5, 0.6) is 11.5 Å². The maximum atomic E-state index is 5.76. The van der Waals surface area contributed by atoms with Gasteiger partial charge in [0.05, 0.1) is 37.2 Å². The van der Waals surface area contributed by atoms with E-state index in [1.807, 2.05) is 25.3 Å². The second-order valence-electron chi connectivity index (χ2n) is 4.28. The lowest BCUT2D eigenvalue weighted by Crippen LogP contribution is -1.99. The van der Waals surface area contributed by atoms with Crippen molar-refractivity contribution in [3.8, 4) is 11.5 Å². The van der Waals surface area contributed by atoms with Gasteiger partial charge in [0.25, 0.3) is 0 Å². The molecule has 1 heterocycles. The number of hydrogen-bond acceptors (Lipinski definition) is 6. The van der Waals surface area contributed by atoms with E-state index >= 15 is 0 Å². The highest BCUT2D eigenvalue weighted by atomic mass is 32.2. The van der Waals surface area contributed by atoms with Gasteiger partial charge >= 0.3 is 0 Å². The fourth-order valence-electron chi connectivity index (χ4n) is 1.87. The summed E-state index contributed by atoms with van der Waals surface area (Å²) in [5.41, 5.74) is 7.37. The number of nitrogen functional groups attached to an aromatic ring is 1. The summed E-state index contributed by atoms with van der Waals surface area (Å²) in [5, 5.41) is 4.30. The van der Waals surface area contributed by atoms with Crippen LogP contribution in [0, 0.1) is 6.92 Å². The Balaban J connectivity index is 2.40. The van der Waals surface area contributed by atoms with Crippen molar-refractivity contribution in [1.29, 1.82) is 0 Å². The van der Waals surface area contributed by atoms with E-state index in [0.717, 1.165) is 27.7 Å². The van der Waals surface area contributed by atoms with Crippen LogP contribution in [0.4, 0.5) is 5.95 Å². The topological polar surface area (TPSA) is 74.7 Å². The molecule has 0 fully saturated rings. The van der Waals surface area contributed by atoms with E-state index in [9.17, 15) is 0 Å². The zero-order chi connectivity index (χ0) is 15.4. The van der Waals surface area contributed by atoms with Crippen molar-refractivity contribution in [2.45, 2.75) is 11.8 Å². The van der Waals surface area contributed by atoms with Crippen LogP contribution in [0.3, 0.4) is 0 Å². The van der Waals surface area contributed by atoms with Gasteiger partial charge in [-0.3, -0.25) is 0 Å². The molecule has 1 aromatic carbocycles. The summed E-state index contributed by atoms with van der Waals surface area (Å²) >= 11 is 1.59. The van der Waals surface area contributed by atoms with Crippen molar-refractivity contribution in [2.24, 2.45) is 5.10 Å². The highest BCUT2D eigenvalue weighted by molar-refractivity contribution is 7.98. The maximum absolute atomic E-state index is 5.76. The standard InChI is InChI=1S/C14H18N4O2S/c1-9-8-18(14(15)17-9)16-7-10-5-12(20-3)13(21-4)6-11(10)19-2/h5-8H,1-4H3,(H2,15,17). The Morgan fingerprint density at radius 1 is 1.29 bits per heavy atom. The molecule has 2 N–H and O–H groups in total. The largest absolute Gasteiger partial charge is 0.496 e. The number of aryl methyl sites for hydroxylation is 1. The van der Waals surface area contributed by atoms with Crippen LogP contribution in [0.25, 0.3) is 0 Å². The first kappa shape index (κ1) is 15.2. The zero-order valence-electron chi connectivity index (χ0n) is 12.5. The molecular weight excluding hydrogens is 288 g/mol. The first-order valence-corrected chi connectivity index (χ1v) is 7.47. The van der Waals surface area contributed by atoms with Gasteiger partial charge in [0, 0.05) is 5.56 Å². The normalized spacial score (nSPS) is 11.0. The number of rotatable bonds is 5. The maximum Gasteiger partial charge on any atom is 0.221 e. The highest BCUT2D eigenvalue weighted by Gasteiger charge is 2.09. The van der Waals surface area contributed by atoms with Gasteiger partial charge in [-0.2, -0.15) is 5.10 Å². The predicted molar refractivity (Wildman–Crippen MR) is 85.7 cm³/mol. The molecule has 0 amide bonds. The minimum absolute atomic E-state index is 0.343. The Morgan fingerprint density at radius 3 is 2.52 bits per heavy atom. The first-order chi connectivity index (χ1) is 10.1. The Labute approximate surface area is 128 Å². The van der Waals surface area contributed by atoms with Crippen LogP contribution >= 0.6 is 11.8 Å². The van der Waals surface area contributed by atoms with Gasteiger partial charge in [0.2, 0.25) is 5.95 Å². The molecule has 0 radical (unpaired) electrons. The van der Waals surface area contributed by atoms with E-state index in [4.69, 9.17) is 15.2 Å². The molecule has 2 rings (SSSR count). The van der Waals surface area contributed by atoms with Gasteiger partial charge in [-0.05, 0) is 25.3 Å². The number of hydrogen-bond donors (Lipinski definition) is 1. The van der Waals surface area contributed by atoms with Crippen LogP contribution in [-0.2, 0) is 0 Å². The van der Waals surface area contributed by atoms with Crippen LogP contribution in [-0.4, -0.2) is 36.4 Å². The minimum Gasteiger partial charge on any atom is -0.496 e. The van der Waals surface area contributed by atoms with Gasteiger partial charge in [0.15, 0.2) is 0 Å². The fourth-order valence-corrected chi connectivity index (χ4v) is 2.44. The molecule has 1 aromatic heterocycles. The zero-order valence-corrected chi connectivity index (χ0v) is 13.3. The molecular formula is C14H18N4O2S. The third-order valence-electron chi connectivity index (χ3n) is 2.89. The molecule has 0 spiro atoms. The van der Waals surface area contributed by atoms with E-state index in [1.54, 1.807) is 38.4 Å². The fraction of sp³-hybridized carbons (Fsp3) is 0.286. The van der Waals surface area contributed by atoms with Crippen molar-refractivity contribution in [1.82, 2.24) is 9.66 Å². The number of nitrogens with zero attached hydrogens (tertiary/aromatic N) is 3. The number of ether oxygens (including phenoxy) is 2. The van der Waals surface area contributed by atoms with Gasteiger partial charge < -0.3 is 15.2 Å². The third kappa shape index (κ3) is 3.30. The van der Waals surface area contributed by atoms with Gasteiger partial charge in [0.1, 0.15) is 11.5 Å². The van der Waals surface area contributed by atoms with E-state index < -0.39 is 0 Å². The van der Waals surface area contributed by atoms with Crippen molar-refractivity contribution in [3.05, 3.63) is 29.6 Å². The molecule has 0 saturated heterocycles. The number of anilines is 1. The van der Waals surface area contributed by atoms with Crippen LogP contribution < -0.4 is 15.2 Å². The first-order valence-electron chi connectivity index (χ1n) is 6.25. The van der Waals surface area contributed by atoms with E-state index in [1.165, 1.54) is 4.68 Å². The average Bonchev–Trinajstić information content (AvgIpc) is 2.81. The lowest BCUT2D eigenvalue weighted by atomic mass is 10.2. The summed E-state index contributed by atoms with van der Waals surface area (Å²) < 4.78 is 12.3. The lowest BCUT2D eigenvalue weighted by molar-refractivity contribution is 0.394. The second kappa shape index (κ2) is 6.53. The van der Waals surface area contributed by atoms with E-state index in [-0.39, 0.29) is 0 Å². The molecule has 21 heavy (non-hydrogen) atoms. The molecule has 0 unspecified atom stereocenters. The predicted octanol–water partition coefficient (Wildman–Crippen LogP) is 2.40. The SMILES string of the molecule is COc1cc(SC)c(OC)cc1C=Nn1cc(C)nc1N. The number of thioether (sulfide) groups is 1. The summed E-state index contributed by atoms with van der Waals surface area (Å²) in [6, 6.07) is 3.81. The van der Waals surface area contributed by atoms with Gasteiger partial charge in [-0.15, -0.1) is 11.8 Å². The lowest BCUT2D eigenvalue weighted by Gasteiger charge is -2.11. The number of aromatic nitrogens is 2. The van der Waals surface area contributed by atoms with Gasteiger partial charge in [-0.25, -0.2) is 9.66 Å². The molecule has 2 aromatic rings. The quantitative estimate of drug-likeness (QED) is 0.678. The Bertz CT molecular complexity index is 667. The number of methoxy groups -OCH3 is 2. The molecule has 0 aliphatic rings. The van der Waals surface area contributed by atoms with Crippen LogP contribution in [0.1, 0.15) is 11.3 Å². The Morgan fingerprint density at radius 2 is 2.00 bits per heavy atom. The van der Waals surface area contributed by atoms with Gasteiger partial charge in [-0.1, -0.05) is 0 Å². The molecule has 0 atom stereocenters. The highest BCUT2D eigenvalue weighted by Crippen LogP contribution is 2.33. The Hall–Kier alpha value is -2.15. The molecule has 7 heteroatoms. The monoisotopic (exact) mass is 306 g/mol. The summed E-state index contributed by atoms with van der Waals surface area (Å²) in [7, 11) is 3.26. The molecule has 0 aliphatic carbocycles.